The number of carbonyl (C=O) groups excluding carboxylic acids is 4. The van der Waals surface area contributed by atoms with Gasteiger partial charge in [-0.3, -0.25) is 24.1 Å². The molecule has 0 spiro atoms. The van der Waals surface area contributed by atoms with E-state index in [0.717, 1.165) is 29.8 Å². The molecule has 38 heavy (non-hydrogen) atoms. The SMILES string of the molecule is C=C(NC(=O)C(=C)N1Cc2c(cccc2-c2ccc3c(c2)N(C)C(=O)CO3)C1=O)C(=O)N1CCN(C)CC1. The first kappa shape index (κ1) is 25.2. The van der Waals surface area contributed by atoms with E-state index in [0.29, 0.717) is 30.1 Å². The van der Waals surface area contributed by atoms with Gasteiger partial charge in [0, 0.05) is 38.8 Å². The number of anilines is 1. The van der Waals surface area contributed by atoms with Crippen LogP contribution in [-0.2, 0) is 20.9 Å². The van der Waals surface area contributed by atoms with Crippen LogP contribution in [0.4, 0.5) is 5.69 Å². The molecule has 3 aliphatic heterocycles. The molecule has 1 N–H and O–H groups in total. The third-order valence-corrected chi connectivity index (χ3v) is 7.23. The standard InChI is InChI=1S/C28H29N5O5/c1-17(27(36)32-12-10-30(3)11-13-32)29-26(35)18(2)33-15-22-20(6-5-7-21(22)28(33)37)19-8-9-24-23(14-19)31(4)25(34)16-38-24/h5-9,14H,1-2,10-13,15-16H2,3-4H3,(H,29,35). The maximum absolute atomic E-state index is 13.3. The van der Waals surface area contributed by atoms with Crippen LogP contribution >= 0.6 is 0 Å². The molecule has 0 radical (unpaired) electrons. The quantitative estimate of drug-likeness (QED) is 0.607. The molecule has 0 aromatic heterocycles. The molecule has 2 aromatic rings. The zero-order valence-electron chi connectivity index (χ0n) is 21.5. The number of nitrogens with one attached hydrogen (secondary N) is 1. The Kier molecular flexibility index (Phi) is 6.50. The fraction of sp³-hybridized carbons (Fsp3) is 0.286. The average Bonchev–Trinajstić information content (AvgIpc) is 3.26. The first-order valence-corrected chi connectivity index (χ1v) is 12.3. The highest BCUT2D eigenvalue weighted by atomic mass is 16.5. The van der Waals surface area contributed by atoms with Crippen molar-refractivity contribution < 1.29 is 23.9 Å². The molecule has 0 bridgehead atoms. The van der Waals surface area contributed by atoms with Gasteiger partial charge in [-0.1, -0.05) is 31.4 Å². The number of carbonyl (C=O) groups is 4. The second kappa shape index (κ2) is 9.79. The molecule has 10 heteroatoms. The first-order valence-electron chi connectivity index (χ1n) is 12.3. The summed E-state index contributed by atoms with van der Waals surface area (Å²) >= 11 is 0. The largest absolute Gasteiger partial charge is 0.482 e. The van der Waals surface area contributed by atoms with E-state index in [9.17, 15) is 19.2 Å². The van der Waals surface area contributed by atoms with Crippen molar-refractivity contribution >= 4 is 29.3 Å². The molecule has 0 saturated carbocycles. The van der Waals surface area contributed by atoms with Crippen molar-refractivity contribution in [1.29, 1.82) is 0 Å². The summed E-state index contributed by atoms with van der Waals surface area (Å²) < 4.78 is 5.53. The first-order chi connectivity index (χ1) is 18.2. The molecule has 1 saturated heterocycles. The van der Waals surface area contributed by atoms with Gasteiger partial charge < -0.3 is 24.8 Å². The maximum atomic E-state index is 13.3. The zero-order valence-corrected chi connectivity index (χ0v) is 21.5. The van der Waals surface area contributed by atoms with Crippen molar-refractivity contribution in [3.8, 4) is 16.9 Å². The second-order valence-corrected chi connectivity index (χ2v) is 9.62. The number of piperazine rings is 1. The monoisotopic (exact) mass is 515 g/mol. The Hall–Kier alpha value is -4.44. The van der Waals surface area contributed by atoms with E-state index in [4.69, 9.17) is 4.74 Å². The van der Waals surface area contributed by atoms with Crippen molar-refractivity contribution in [3.63, 3.8) is 0 Å². The molecule has 196 valence electrons. The summed E-state index contributed by atoms with van der Waals surface area (Å²) in [4.78, 5) is 57.7. The van der Waals surface area contributed by atoms with E-state index < -0.39 is 5.91 Å². The minimum absolute atomic E-state index is 0.00931. The Morgan fingerprint density at radius 2 is 1.68 bits per heavy atom. The van der Waals surface area contributed by atoms with Gasteiger partial charge in [0.15, 0.2) is 6.61 Å². The molecule has 4 amide bonds. The van der Waals surface area contributed by atoms with Crippen LogP contribution in [0.3, 0.4) is 0 Å². The summed E-state index contributed by atoms with van der Waals surface area (Å²) in [5.74, 6) is -0.905. The van der Waals surface area contributed by atoms with E-state index >= 15 is 0 Å². The van der Waals surface area contributed by atoms with Crippen LogP contribution < -0.4 is 15.0 Å². The van der Waals surface area contributed by atoms with Gasteiger partial charge >= 0.3 is 0 Å². The normalized spacial score (nSPS) is 17.1. The second-order valence-electron chi connectivity index (χ2n) is 9.62. The van der Waals surface area contributed by atoms with Gasteiger partial charge in [-0.25, -0.2) is 0 Å². The summed E-state index contributed by atoms with van der Waals surface area (Å²) in [7, 11) is 3.68. The molecule has 3 aliphatic rings. The van der Waals surface area contributed by atoms with Crippen LogP contribution in [0.2, 0.25) is 0 Å². The Labute approximate surface area is 220 Å². The predicted molar refractivity (Wildman–Crippen MR) is 141 cm³/mol. The van der Waals surface area contributed by atoms with Gasteiger partial charge in [0.05, 0.1) is 17.9 Å². The number of fused-ring (bicyclic) bond motifs is 2. The summed E-state index contributed by atoms with van der Waals surface area (Å²) in [5, 5.41) is 2.52. The topological polar surface area (TPSA) is 102 Å². The Morgan fingerprint density at radius 1 is 0.974 bits per heavy atom. The summed E-state index contributed by atoms with van der Waals surface area (Å²) in [6.07, 6.45) is 0. The zero-order chi connectivity index (χ0) is 27.1. The summed E-state index contributed by atoms with van der Waals surface area (Å²) in [6, 6.07) is 10.9. The molecular weight excluding hydrogens is 486 g/mol. The highest BCUT2D eigenvalue weighted by Gasteiger charge is 2.34. The number of rotatable bonds is 5. The summed E-state index contributed by atoms with van der Waals surface area (Å²) in [5.41, 5.74) is 3.32. The van der Waals surface area contributed by atoms with Gasteiger partial charge in [-0.05, 0) is 41.9 Å². The molecule has 10 nitrogen and oxygen atoms in total. The minimum atomic E-state index is -0.661. The van der Waals surface area contributed by atoms with Gasteiger partial charge in [0.25, 0.3) is 23.6 Å². The number of hydrogen-bond donors (Lipinski definition) is 1. The summed E-state index contributed by atoms with van der Waals surface area (Å²) in [6.45, 7) is 10.3. The van der Waals surface area contributed by atoms with E-state index in [2.05, 4.69) is 23.4 Å². The third kappa shape index (κ3) is 4.43. The smallest absolute Gasteiger partial charge is 0.271 e. The van der Waals surface area contributed by atoms with Gasteiger partial charge in [-0.15, -0.1) is 0 Å². The molecule has 1 fully saturated rings. The van der Waals surface area contributed by atoms with Crippen LogP contribution in [0, 0.1) is 0 Å². The van der Waals surface area contributed by atoms with Crippen molar-refractivity contribution in [1.82, 2.24) is 20.0 Å². The van der Waals surface area contributed by atoms with Crippen molar-refractivity contribution in [2.75, 3.05) is 51.8 Å². The number of likely N-dealkylation sites (N-methyl/N-ethyl adjacent to an activating group) is 2. The van der Waals surface area contributed by atoms with Crippen LogP contribution in [0.15, 0.2) is 61.0 Å². The van der Waals surface area contributed by atoms with Crippen molar-refractivity contribution in [2.45, 2.75) is 6.54 Å². The van der Waals surface area contributed by atoms with Gasteiger partial charge in [0.1, 0.15) is 11.4 Å². The van der Waals surface area contributed by atoms with E-state index in [1.807, 2.05) is 25.2 Å². The van der Waals surface area contributed by atoms with E-state index in [1.165, 1.54) is 4.90 Å². The molecule has 0 atom stereocenters. The number of ether oxygens (including phenoxy) is 1. The number of nitrogens with zero attached hydrogens (tertiary/aromatic N) is 4. The van der Waals surface area contributed by atoms with Crippen LogP contribution in [0.1, 0.15) is 15.9 Å². The molecule has 2 aromatic carbocycles. The van der Waals surface area contributed by atoms with Crippen molar-refractivity contribution in [2.24, 2.45) is 0 Å². The lowest BCUT2D eigenvalue weighted by molar-refractivity contribution is -0.130. The Bertz CT molecular complexity index is 1390. The van der Waals surface area contributed by atoms with Crippen molar-refractivity contribution in [3.05, 3.63) is 72.1 Å². The van der Waals surface area contributed by atoms with Gasteiger partial charge in [0.2, 0.25) is 0 Å². The molecule has 3 heterocycles. The fourth-order valence-electron chi connectivity index (χ4n) is 4.85. The minimum Gasteiger partial charge on any atom is -0.482 e. The molecule has 0 aliphatic carbocycles. The Balaban J connectivity index is 1.32. The molecular formula is C28H29N5O5. The Morgan fingerprint density at radius 3 is 2.42 bits per heavy atom. The lowest BCUT2D eigenvalue weighted by Crippen LogP contribution is -2.49. The fourth-order valence-corrected chi connectivity index (χ4v) is 4.85. The highest BCUT2D eigenvalue weighted by Crippen LogP contribution is 2.39. The predicted octanol–water partition coefficient (Wildman–Crippen LogP) is 1.58. The maximum Gasteiger partial charge on any atom is 0.271 e. The number of hydrogen-bond acceptors (Lipinski definition) is 6. The lowest BCUT2D eigenvalue weighted by Gasteiger charge is -2.32. The number of amides is 4. The highest BCUT2D eigenvalue weighted by molar-refractivity contribution is 6.08. The number of benzene rings is 2. The molecule has 0 unspecified atom stereocenters. The van der Waals surface area contributed by atoms with Crippen LogP contribution in [0.25, 0.3) is 11.1 Å². The van der Waals surface area contributed by atoms with E-state index in [-0.39, 0.29) is 42.3 Å². The lowest BCUT2D eigenvalue weighted by atomic mass is 9.96. The average molecular weight is 516 g/mol. The van der Waals surface area contributed by atoms with Gasteiger partial charge in [-0.2, -0.15) is 0 Å². The third-order valence-electron chi connectivity index (χ3n) is 7.23. The van der Waals surface area contributed by atoms with Crippen LogP contribution in [-0.4, -0.2) is 85.2 Å². The molecule has 5 rings (SSSR count). The van der Waals surface area contributed by atoms with Crippen LogP contribution in [0.5, 0.6) is 5.75 Å². The van der Waals surface area contributed by atoms with E-state index in [1.54, 1.807) is 35.0 Å².